The monoisotopic (exact) mass is 386 g/mol. The van der Waals surface area contributed by atoms with Crippen LogP contribution in [0.3, 0.4) is 0 Å². The molecule has 4 rings (SSSR count). The van der Waals surface area contributed by atoms with Gasteiger partial charge in [-0.15, -0.1) is 11.3 Å². The van der Waals surface area contributed by atoms with Crippen LogP contribution in [0.5, 0.6) is 11.5 Å². The van der Waals surface area contributed by atoms with Crippen LogP contribution < -0.4 is 4.74 Å². The van der Waals surface area contributed by atoms with E-state index in [9.17, 15) is 14.7 Å². The van der Waals surface area contributed by atoms with Crippen LogP contribution in [-0.4, -0.2) is 24.2 Å². The second-order valence-corrected chi connectivity index (χ2v) is 7.00. The van der Waals surface area contributed by atoms with Crippen LogP contribution in [0.2, 0.25) is 5.02 Å². The van der Waals surface area contributed by atoms with E-state index in [1.165, 1.54) is 7.11 Å². The molecule has 0 amide bonds. The molecule has 130 valence electrons. The molecule has 0 atom stereocenters. The highest BCUT2D eigenvalue weighted by molar-refractivity contribution is 7.17. The molecule has 1 aliphatic heterocycles. The third kappa shape index (κ3) is 2.46. The van der Waals surface area contributed by atoms with Crippen LogP contribution in [-0.2, 0) is 4.74 Å². The summed E-state index contributed by atoms with van der Waals surface area (Å²) < 4.78 is 10.9. The first kappa shape index (κ1) is 16.6. The number of carboxylic acids is 1. The lowest BCUT2D eigenvalue weighted by Gasteiger charge is -2.09. The number of benzene rings is 2. The van der Waals surface area contributed by atoms with Gasteiger partial charge in [0.25, 0.3) is 0 Å². The van der Waals surface area contributed by atoms with Gasteiger partial charge in [-0.25, -0.2) is 9.59 Å². The number of rotatable bonds is 2. The number of halogens is 1. The van der Waals surface area contributed by atoms with Crippen molar-refractivity contribution in [3.8, 4) is 33.8 Å². The van der Waals surface area contributed by atoms with Crippen molar-refractivity contribution in [1.82, 2.24) is 0 Å². The van der Waals surface area contributed by atoms with Gasteiger partial charge in [0.1, 0.15) is 21.3 Å². The first-order chi connectivity index (χ1) is 12.5. The van der Waals surface area contributed by atoms with Crippen molar-refractivity contribution in [3.63, 3.8) is 0 Å². The van der Waals surface area contributed by atoms with Crippen molar-refractivity contribution < 1.29 is 24.2 Å². The zero-order valence-corrected chi connectivity index (χ0v) is 15.0. The maximum absolute atomic E-state index is 12.4. The van der Waals surface area contributed by atoms with Gasteiger partial charge in [0.2, 0.25) is 0 Å². The van der Waals surface area contributed by atoms with Gasteiger partial charge in [0.15, 0.2) is 0 Å². The third-order valence-electron chi connectivity index (χ3n) is 4.06. The van der Waals surface area contributed by atoms with Gasteiger partial charge in [-0.3, -0.25) is 0 Å². The molecule has 0 spiro atoms. The van der Waals surface area contributed by atoms with Crippen molar-refractivity contribution in [2.75, 3.05) is 7.11 Å². The Morgan fingerprint density at radius 3 is 2.46 bits per heavy atom. The van der Waals surface area contributed by atoms with Gasteiger partial charge in [0.05, 0.1) is 7.11 Å². The molecule has 0 bridgehead atoms. The minimum absolute atomic E-state index is 0.0456. The zero-order valence-electron chi connectivity index (χ0n) is 13.4. The van der Waals surface area contributed by atoms with E-state index in [-0.39, 0.29) is 9.75 Å². The van der Waals surface area contributed by atoms with E-state index in [1.807, 2.05) is 0 Å². The van der Waals surface area contributed by atoms with Crippen LogP contribution in [0.4, 0.5) is 0 Å². The van der Waals surface area contributed by atoms with Gasteiger partial charge in [-0.2, -0.15) is 0 Å². The smallest absolute Gasteiger partial charge is 0.348 e. The highest BCUT2D eigenvalue weighted by atomic mass is 35.5. The van der Waals surface area contributed by atoms with Crippen LogP contribution in [0.15, 0.2) is 42.5 Å². The minimum Gasteiger partial charge on any atom is -0.477 e. The van der Waals surface area contributed by atoms with Crippen molar-refractivity contribution in [2.45, 2.75) is 0 Å². The molecule has 2 heterocycles. The summed E-state index contributed by atoms with van der Waals surface area (Å²) in [7, 11) is 1.26. The largest absolute Gasteiger partial charge is 0.477 e. The van der Waals surface area contributed by atoms with Crippen LogP contribution >= 0.6 is 22.9 Å². The summed E-state index contributed by atoms with van der Waals surface area (Å²) in [4.78, 5) is 24.5. The molecule has 0 unspecified atom stereocenters. The van der Waals surface area contributed by atoms with E-state index in [4.69, 9.17) is 21.1 Å². The fourth-order valence-electron chi connectivity index (χ4n) is 3.00. The standard InChI is InChI=1S/C19H11ClO5S/c1-24-19(23)17-15-11-8-9(20)6-7-13(11)25-12-5-3-2-4-10(12)14(15)16(26-17)18(21)22/h2-8H,1H3,(H,21,22). The van der Waals surface area contributed by atoms with Crippen molar-refractivity contribution in [1.29, 1.82) is 0 Å². The Morgan fingerprint density at radius 2 is 1.73 bits per heavy atom. The fourth-order valence-corrected chi connectivity index (χ4v) is 4.26. The molecule has 2 aromatic carbocycles. The summed E-state index contributed by atoms with van der Waals surface area (Å²) in [5.41, 5.74) is 2.03. The lowest BCUT2D eigenvalue weighted by atomic mass is 9.94. The average molecular weight is 387 g/mol. The number of para-hydroxylation sites is 1. The number of fused-ring (bicyclic) bond motifs is 5. The van der Waals surface area contributed by atoms with Crippen molar-refractivity contribution >= 4 is 34.9 Å². The van der Waals surface area contributed by atoms with E-state index in [1.54, 1.807) is 42.5 Å². The molecule has 0 saturated carbocycles. The van der Waals surface area contributed by atoms with Gasteiger partial charge in [-0.1, -0.05) is 29.8 Å². The maximum Gasteiger partial charge on any atom is 0.348 e. The molecule has 0 saturated heterocycles. The van der Waals surface area contributed by atoms with Crippen molar-refractivity contribution in [2.24, 2.45) is 0 Å². The lowest BCUT2D eigenvalue weighted by molar-refractivity contribution is 0.0606. The number of hydrogen-bond donors (Lipinski definition) is 1. The van der Waals surface area contributed by atoms with E-state index >= 15 is 0 Å². The highest BCUT2D eigenvalue weighted by Gasteiger charge is 2.33. The molecule has 26 heavy (non-hydrogen) atoms. The molecule has 7 heteroatoms. The number of aromatic carboxylic acids is 1. The summed E-state index contributed by atoms with van der Waals surface area (Å²) in [6.45, 7) is 0. The Bertz CT molecular complexity index is 1070. The fraction of sp³-hybridized carbons (Fsp3) is 0.0526. The Hall–Kier alpha value is -2.83. The molecule has 1 N–H and O–H groups in total. The van der Waals surface area contributed by atoms with Crippen molar-refractivity contribution in [3.05, 3.63) is 57.2 Å². The van der Waals surface area contributed by atoms with Crippen LogP contribution in [0.1, 0.15) is 19.3 Å². The molecule has 1 aromatic heterocycles. The second-order valence-electron chi connectivity index (χ2n) is 5.55. The normalized spacial score (nSPS) is 11.5. The summed E-state index contributed by atoms with van der Waals surface area (Å²) in [5.74, 6) is -0.738. The summed E-state index contributed by atoms with van der Waals surface area (Å²) in [6, 6.07) is 12.1. The number of esters is 1. The highest BCUT2D eigenvalue weighted by Crippen LogP contribution is 2.52. The predicted molar refractivity (Wildman–Crippen MR) is 98.6 cm³/mol. The topological polar surface area (TPSA) is 72.8 Å². The van der Waals surface area contributed by atoms with Crippen LogP contribution in [0.25, 0.3) is 22.3 Å². The van der Waals surface area contributed by atoms with E-state index in [0.717, 1.165) is 11.3 Å². The quantitative estimate of drug-likeness (QED) is 0.471. The molecule has 0 radical (unpaired) electrons. The Balaban J connectivity index is 2.19. The molecular weight excluding hydrogens is 376 g/mol. The maximum atomic E-state index is 12.4. The molecule has 5 nitrogen and oxygen atoms in total. The second kappa shape index (κ2) is 6.16. The number of carbonyl (C=O) groups is 2. The predicted octanol–water partition coefficient (Wildman–Crippen LogP) is 5.33. The first-order valence-corrected chi connectivity index (χ1v) is 8.76. The van der Waals surface area contributed by atoms with Gasteiger partial charge in [0, 0.05) is 27.3 Å². The Kier molecular flexibility index (Phi) is 3.94. The summed E-state index contributed by atoms with van der Waals surface area (Å²) in [5, 5.41) is 10.2. The van der Waals surface area contributed by atoms with E-state index < -0.39 is 11.9 Å². The number of methoxy groups -OCH3 is 1. The van der Waals surface area contributed by atoms with Crippen LogP contribution in [0, 0.1) is 0 Å². The van der Waals surface area contributed by atoms with Gasteiger partial charge in [-0.05, 0) is 24.3 Å². The summed E-state index contributed by atoms with van der Waals surface area (Å²) >= 11 is 7.04. The number of carboxylic acid groups (broad SMARTS) is 1. The Morgan fingerprint density at radius 1 is 1.04 bits per heavy atom. The Labute approximate surface area is 157 Å². The minimum atomic E-state index is -1.12. The van der Waals surface area contributed by atoms with Gasteiger partial charge < -0.3 is 14.6 Å². The zero-order chi connectivity index (χ0) is 18.4. The number of thiophene rings is 1. The van der Waals surface area contributed by atoms with Gasteiger partial charge >= 0.3 is 11.9 Å². The molecule has 0 fully saturated rings. The lowest BCUT2D eigenvalue weighted by Crippen LogP contribution is -2.00. The molecule has 0 aliphatic carbocycles. The average Bonchev–Trinajstić information content (AvgIpc) is 2.97. The SMILES string of the molecule is COC(=O)c1sc(C(=O)O)c2c1-c1cc(Cl)ccc1Oc1ccccc1-2. The number of ether oxygens (including phenoxy) is 2. The third-order valence-corrected chi connectivity index (χ3v) is 5.45. The molecular formula is C19H11ClO5S. The first-order valence-electron chi connectivity index (χ1n) is 7.57. The van der Waals surface area contributed by atoms with E-state index in [0.29, 0.717) is 38.8 Å². The number of carbonyl (C=O) groups excluding carboxylic acids is 1. The summed E-state index contributed by atoms with van der Waals surface area (Å²) in [6.07, 6.45) is 0. The number of hydrogen-bond acceptors (Lipinski definition) is 5. The molecule has 3 aromatic rings. The van der Waals surface area contributed by atoms with E-state index in [2.05, 4.69) is 0 Å². The molecule has 1 aliphatic rings.